The molecule has 0 aliphatic carbocycles. The Kier molecular flexibility index (Phi) is 4.17. The van der Waals surface area contributed by atoms with Crippen molar-refractivity contribution < 1.29 is 4.79 Å². The van der Waals surface area contributed by atoms with Crippen LogP contribution in [0.2, 0.25) is 0 Å². The molecule has 2 aromatic rings. The molecule has 104 valence electrons. The van der Waals surface area contributed by atoms with Crippen LogP contribution in [0.5, 0.6) is 0 Å². The van der Waals surface area contributed by atoms with Crippen LogP contribution in [0.1, 0.15) is 5.56 Å². The molecule has 1 aromatic carbocycles. The van der Waals surface area contributed by atoms with Gasteiger partial charge >= 0.3 is 0 Å². The van der Waals surface area contributed by atoms with Crippen molar-refractivity contribution in [3.63, 3.8) is 0 Å². The summed E-state index contributed by atoms with van der Waals surface area (Å²) in [4.78, 5) is 20.9. The fraction of sp³-hybridized carbons (Fsp3) is 0. The lowest BCUT2D eigenvalue weighted by molar-refractivity contribution is -0.115. The summed E-state index contributed by atoms with van der Waals surface area (Å²) in [5, 5.41) is 3.35. The molecule has 2 heterocycles. The van der Waals surface area contributed by atoms with E-state index >= 15 is 0 Å². The van der Waals surface area contributed by atoms with E-state index in [9.17, 15) is 4.79 Å². The van der Waals surface area contributed by atoms with Gasteiger partial charge in [-0.15, -0.1) is 0 Å². The molecule has 0 spiro atoms. The molecule has 4 nitrogen and oxygen atoms in total. The van der Waals surface area contributed by atoms with E-state index in [2.05, 4.69) is 31.2 Å². The summed E-state index contributed by atoms with van der Waals surface area (Å²) in [6.45, 7) is 0. The van der Waals surface area contributed by atoms with Gasteiger partial charge in [0, 0.05) is 16.9 Å². The van der Waals surface area contributed by atoms with E-state index in [0.29, 0.717) is 10.1 Å². The molecule has 1 fully saturated rings. The lowest BCUT2D eigenvalue weighted by Gasteiger charge is -1.96. The third-order valence-electron chi connectivity index (χ3n) is 2.69. The Morgan fingerprint density at radius 1 is 1.24 bits per heavy atom. The molecule has 1 saturated heterocycles. The first-order valence-electron chi connectivity index (χ1n) is 6.16. The van der Waals surface area contributed by atoms with Crippen LogP contribution < -0.4 is 5.32 Å². The molecular formula is C15H10BrN3OS. The van der Waals surface area contributed by atoms with Gasteiger partial charge in [-0.3, -0.25) is 9.78 Å². The lowest BCUT2D eigenvalue weighted by atomic mass is 10.2. The molecule has 0 atom stereocenters. The summed E-state index contributed by atoms with van der Waals surface area (Å²) in [6.07, 6.45) is 5.21. The monoisotopic (exact) mass is 359 g/mol. The van der Waals surface area contributed by atoms with Crippen molar-refractivity contribution in [1.29, 1.82) is 0 Å². The normalized spacial score (nSPS) is 18.2. The summed E-state index contributed by atoms with van der Waals surface area (Å²) >= 11 is 4.73. The third kappa shape index (κ3) is 3.59. The molecule has 0 radical (unpaired) electrons. The highest BCUT2D eigenvalue weighted by molar-refractivity contribution is 9.10. The van der Waals surface area contributed by atoms with E-state index in [1.54, 1.807) is 12.4 Å². The minimum absolute atomic E-state index is 0.134. The molecule has 0 saturated carbocycles. The van der Waals surface area contributed by atoms with Gasteiger partial charge in [-0.2, -0.15) is 0 Å². The first kappa shape index (κ1) is 14.0. The predicted octanol–water partition coefficient (Wildman–Crippen LogP) is 3.74. The molecule has 0 bridgehead atoms. The fourth-order valence-corrected chi connectivity index (χ4v) is 2.98. The number of aromatic nitrogens is 1. The zero-order valence-corrected chi connectivity index (χ0v) is 13.2. The summed E-state index contributed by atoms with van der Waals surface area (Å²) in [5.41, 5.74) is 1.73. The number of aliphatic imine (C=N–C) groups is 1. The minimum Gasteiger partial charge on any atom is -0.300 e. The van der Waals surface area contributed by atoms with Crippen LogP contribution in [0.4, 0.5) is 5.69 Å². The number of amides is 1. The standard InChI is InChI=1S/C15H10BrN3OS/c16-11-2-1-3-12(9-11)18-15-19-14(20)13(21-15)8-10-4-6-17-7-5-10/h1-9H,(H,18,19,20)/b13-8-. The molecule has 1 N–H and O–H groups in total. The van der Waals surface area contributed by atoms with Gasteiger partial charge in [-0.1, -0.05) is 22.0 Å². The number of nitrogens with zero attached hydrogens (tertiary/aromatic N) is 2. The van der Waals surface area contributed by atoms with E-state index in [4.69, 9.17) is 0 Å². The number of pyridine rings is 1. The number of halogens is 1. The van der Waals surface area contributed by atoms with Gasteiger partial charge in [0.2, 0.25) is 0 Å². The van der Waals surface area contributed by atoms with Gasteiger partial charge in [0.25, 0.3) is 5.91 Å². The highest BCUT2D eigenvalue weighted by atomic mass is 79.9. The first-order valence-corrected chi connectivity index (χ1v) is 7.77. The van der Waals surface area contributed by atoms with Crippen molar-refractivity contribution in [2.24, 2.45) is 4.99 Å². The van der Waals surface area contributed by atoms with Crippen molar-refractivity contribution in [3.8, 4) is 0 Å². The Bertz CT molecular complexity index is 744. The van der Waals surface area contributed by atoms with Crippen molar-refractivity contribution in [1.82, 2.24) is 10.3 Å². The Balaban J connectivity index is 1.83. The molecule has 3 rings (SSSR count). The molecule has 6 heteroatoms. The fourth-order valence-electron chi connectivity index (χ4n) is 1.75. The molecular weight excluding hydrogens is 350 g/mol. The van der Waals surface area contributed by atoms with Gasteiger partial charge < -0.3 is 5.32 Å². The van der Waals surface area contributed by atoms with Gasteiger partial charge in [0.05, 0.1) is 10.6 Å². The zero-order valence-electron chi connectivity index (χ0n) is 10.8. The summed E-state index contributed by atoms with van der Waals surface area (Å²) in [7, 11) is 0. The second-order valence-corrected chi connectivity index (χ2v) is 6.19. The van der Waals surface area contributed by atoms with E-state index in [0.717, 1.165) is 15.7 Å². The number of carbonyl (C=O) groups is 1. The Morgan fingerprint density at radius 3 is 2.81 bits per heavy atom. The SMILES string of the molecule is O=C1NC(=Nc2cccc(Br)c2)S/C1=C\c1ccncc1. The van der Waals surface area contributed by atoms with Gasteiger partial charge in [-0.05, 0) is 53.7 Å². The van der Waals surface area contributed by atoms with Crippen LogP contribution in [0.3, 0.4) is 0 Å². The van der Waals surface area contributed by atoms with Gasteiger partial charge in [0.15, 0.2) is 5.17 Å². The van der Waals surface area contributed by atoms with Crippen LogP contribution in [0.15, 0.2) is 63.2 Å². The largest absolute Gasteiger partial charge is 0.300 e. The number of benzene rings is 1. The Morgan fingerprint density at radius 2 is 2.05 bits per heavy atom. The third-order valence-corrected chi connectivity index (χ3v) is 4.10. The van der Waals surface area contributed by atoms with Crippen LogP contribution in [-0.4, -0.2) is 16.1 Å². The molecule has 1 aliphatic heterocycles. The summed E-state index contributed by atoms with van der Waals surface area (Å²) < 4.78 is 0.950. The van der Waals surface area contributed by atoms with Crippen molar-refractivity contribution in [2.45, 2.75) is 0 Å². The topological polar surface area (TPSA) is 54.4 Å². The van der Waals surface area contributed by atoms with Gasteiger partial charge in [0.1, 0.15) is 0 Å². The van der Waals surface area contributed by atoms with Crippen molar-refractivity contribution in [2.75, 3.05) is 0 Å². The number of carbonyl (C=O) groups excluding carboxylic acids is 1. The zero-order chi connectivity index (χ0) is 14.7. The van der Waals surface area contributed by atoms with Crippen LogP contribution in [0.25, 0.3) is 6.08 Å². The summed E-state index contributed by atoms with van der Waals surface area (Å²) in [6, 6.07) is 11.3. The second-order valence-electron chi connectivity index (χ2n) is 4.24. The second kappa shape index (κ2) is 6.24. The van der Waals surface area contributed by atoms with Crippen molar-refractivity contribution >= 4 is 50.5 Å². The van der Waals surface area contributed by atoms with Gasteiger partial charge in [-0.25, -0.2) is 4.99 Å². The number of rotatable bonds is 2. The Labute approximate surface area is 134 Å². The van der Waals surface area contributed by atoms with Crippen LogP contribution >= 0.6 is 27.7 Å². The maximum atomic E-state index is 11.9. The van der Waals surface area contributed by atoms with E-state index in [-0.39, 0.29) is 5.91 Å². The maximum absolute atomic E-state index is 11.9. The average Bonchev–Trinajstić information content (AvgIpc) is 2.80. The lowest BCUT2D eigenvalue weighted by Crippen LogP contribution is -2.19. The predicted molar refractivity (Wildman–Crippen MR) is 89.2 cm³/mol. The van der Waals surface area contributed by atoms with Crippen LogP contribution in [-0.2, 0) is 4.79 Å². The van der Waals surface area contributed by atoms with Crippen LogP contribution in [0, 0.1) is 0 Å². The molecule has 1 amide bonds. The minimum atomic E-state index is -0.134. The summed E-state index contributed by atoms with van der Waals surface area (Å²) in [5.74, 6) is -0.134. The smallest absolute Gasteiger partial charge is 0.264 e. The number of hydrogen-bond acceptors (Lipinski definition) is 4. The number of nitrogens with one attached hydrogen (secondary N) is 1. The van der Waals surface area contributed by atoms with E-state index in [1.807, 2.05) is 42.5 Å². The number of hydrogen-bond donors (Lipinski definition) is 1. The quantitative estimate of drug-likeness (QED) is 0.831. The molecule has 21 heavy (non-hydrogen) atoms. The molecule has 1 aliphatic rings. The highest BCUT2D eigenvalue weighted by Crippen LogP contribution is 2.28. The first-order chi connectivity index (χ1) is 10.2. The molecule has 1 aromatic heterocycles. The van der Waals surface area contributed by atoms with Crippen molar-refractivity contribution in [3.05, 3.63) is 63.7 Å². The number of thioether (sulfide) groups is 1. The van der Waals surface area contributed by atoms with E-state index in [1.165, 1.54) is 11.8 Å². The maximum Gasteiger partial charge on any atom is 0.264 e. The highest BCUT2D eigenvalue weighted by Gasteiger charge is 2.23. The van der Waals surface area contributed by atoms with E-state index < -0.39 is 0 Å². The molecule has 0 unspecified atom stereocenters. The average molecular weight is 360 g/mol. The Hall–Kier alpha value is -1.92. The number of amidine groups is 1.